The standard InChI is InChI=1S/C23H21BrClN5O2/c1-15-22(24)16(2)29(28-15)13-17-4-3-5-19(12-17)27-23(31)21-10-11-26-30(21)14-32-20-8-6-18(25)7-9-20/h3-12H,13-14H2,1-2H3,(H,27,31). The summed E-state index contributed by atoms with van der Waals surface area (Å²) in [6.45, 7) is 4.69. The summed E-state index contributed by atoms with van der Waals surface area (Å²) in [5, 5.41) is 12.3. The first-order chi connectivity index (χ1) is 15.4. The number of hydrogen-bond acceptors (Lipinski definition) is 4. The number of carbonyl (C=O) groups excluding carboxylic acids is 1. The molecule has 2 heterocycles. The van der Waals surface area contributed by atoms with Crippen LogP contribution in [0.2, 0.25) is 5.02 Å². The van der Waals surface area contributed by atoms with Crippen LogP contribution in [-0.4, -0.2) is 25.5 Å². The number of rotatable bonds is 7. The number of nitrogens with zero attached hydrogens (tertiary/aromatic N) is 4. The van der Waals surface area contributed by atoms with Crippen molar-refractivity contribution >= 4 is 39.1 Å². The minimum absolute atomic E-state index is 0.101. The monoisotopic (exact) mass is 513 g/mol. The summed E-state index contributed by atoms with van der Waals surface area (Å²) in [4.78, 5) is 12.9. The van der Waals surface area contributed by atoms with E-state index in [4.69, 9.17) is 16.3 Å². The fourth-order valence-corrected chi connectivity index (χ4v) is 3.65. The fraction of sp³-hybridized carbons (Fsp3) is 0.174. The molecule has 2 aromatic heterocycles. The van der Waals surface area contributed by atoms with E-state index < -0.39 is 0 Å². The Balaban J connectivity index is 1.43. The van der Waals surface area contributed by atoms with Crippen molar-refractivity contribution in [3.63, 3.8) is 0 Å². The molecule has 0 aliphatic rings. The molecule has 7 nitrogen and oxygen atoms in total. The van der Waals surface area contributed by atoms with Gasteiger partial charge in [0.05, 0.1) is 22.4 Å². The molecule has 32 heavy (non-hydrogen) atoms. The number of ether oxygens (including phenoxy) is 1. The Kier molecular flexibility index (Phi) is 6.62. The van der Waals surface area contributed by atoms with Gasteiger partial charge in [0.2, 0.25) is 0 Å². The van der Waals surface area contributed by atoms with Crippen LogP contribution in [0.15, 0.2) is 65.3 Å². The van der Waals surface area contributed by atoms with Crippen molar-refractivity contribution in [2.75, 3.05) is 5.32 Å². The molecular formula is C23H21BrClN5O2. The summed E-state index contributed by atoms with van der Waals surface area (Å²) in [7, 11) is 0. The zero-order valence-corrected chi connectivity index (χ0v) is 19.9. The molecule has 0 saturated heterocycles. The molecule has 9 heteroatoms. The first-order valence-electron chi connectivity index (χ1n) is 9.90. The van der Waals surface area contributed by atoms with Gasteiger partial charge in [-0.15, -0.1) is 0 Å². The molecule has 0 bridgehead atoms. The van der Waals surface area contributed by atoms with E-state index in [1.54, 1.807) is 36.5 Å². The number of nitrogens with one attached hydrogen (secondary N) is 1. The highest BCUT2D eigenvalue weighted by Gasteiger charge is 2.14. The van der Waals surface area contributed by atoms with Crippen molar-refractivity contribution < 1.29 is 9.53 Å². The van der Waals surface area contributed by atoms with Gasteiger partial charge < -0.3 is 10.1 Å². The van der Waals surface area contributed by atoms with Gasteiger partial charge in [0.1, 0.15) is 11.4 Å². The number of carbonyl (C=O) groups is 1. The third-order valence-electron chi connectivity index (χ3n) is 4.93. The number of halogens is 2. The molecule has 0 atom stereocenters. The SMILES string of the molecule is Cc1nn(Cc2cccc(NC(=O)c3ccnn3COc3ccc(Cl)cc3)c2)c(C)c1Br. The lowest BCUT2D eigenvalue weighted by Crippen LogP contribution is -2.19. The predicted octanol–water partition coefficient (Wildman–Crippen LogP) is 5.45. The second-order valence-electron chi connectivity index (χ2n) is 7.24. The molecule has 164 valence electrons. The molecule has 0 saturated carbocycles. The maximum absolute atomic E-state index is 12.9. The van der Waals surface area contributed by atoms with Crippen LogP contribution in [0.25, 0.3) is 0 Å². The van der Waals surface area contributed by atoms with Crippen LogP contribution >= 0.6 is 27.5 Å². The number of anilines is 1. The average molecular weight is 515 g/mol. The Morgan fingerprint density at radius 1 is 1.12 bits per heavy atom. The highest BCUT2D eigenvalue weighted by molar-refractivity contribution is 9.10. The maximum Gasteiger partial charge on any atom is 0.274 e. The Bertz CT molecular complexity index is 1250. The topological polar surface area (TPSA) is 74.0 Å². The Morgan fingerprint density at radius 2 is 1.91 bits per heavy atom. The highest BCUT2D eigenvalue weighted by atomic mass is 79.9. The van der Waals surface area contributed by atoms with Crippen molar-refractivity contribution in [1.29, 1.82) is 0 Å². The largest absolute Gasteiger partial charge is 0.471 e. The van der Waals surface area contributed by atoms with Crippen LogP contribution in [-0.2, 0) is 13.3 Å². The van der Waals surface area contributed by atoms with Crippen LogP contribution in [0.5, 0.6) is 5.75 Å². The Hall–Kier alpha value is -3.10. The summed E-state index contributed by atoms with van der Waals surface area (Å²) in [5.74, 6) is 0.368. The van der Waals surface area contributed by atoms with Gasteiger partial charge in [-0.1, -0.05) is 23.7 Å². The van der Waals surface area contributed by atoms with Crippen molar-refractivity contribution in [1.82, 2.24) is 19.6 Å². The van der Waals surface area contributed by atoms with Gasteiger partial charge in [-0.05, 0) is 77.8 Å². The molecule has 1 N–H and O–H groups in total. The molecule has 0 fully saturated rings. The van der Waals surface area contributed by atoms with Crippen LogP contribution in [0, 0.1) is 13.8 Å². The first-order valence-corrected chi connectivity index (χ1v) is 11.1. The van der Waals surface area contributed by atoms with Gasteiger partial charge in [-0.2, -0.15) is 10.2 Å². The maximum atomic E-state index is 12.9. The number of aryl methyl sites for hydroxylation is 1. The summed E-state index contributed by atoms with van der Waals surface area (Å²) in [6, 6.07) is 16.4. The van der Waals surface area contributed by atoms with Gasteiger partial charge in [-0.3, -0.25) is 9.48 Å². The lowest BCUT2D eigenvalue weighted by atomic mass is 10.2. The quantitative estimate of drug-likeness (QED) is 0.356. The average Bonchev–Trinajstić information content (AvgIpc) is 3.34. The summed E-state index contributed by atoms with van der Waals surface area (Å²) in [5.41, 5.74) is 4.12. The van der Waals surface area contributed by atoms with E-state index in [1.807, 2.05) is 42.8 Å². The van der Waals surface area contributed by atoms with E-state index in [9.17, 15) is 4.79 Å². The van der Waals surface area contributed by atoms with Crippen molar-refractivity contribution in [2.24, 2.45) is 0 Å². The second kappa shape index (κ2) is 9.58. The van der Waals surface area contributed by atoms with E-state index >= 15 is 0 Å². The number of benzene rings is 2. The van der Waals surface area contributed by atoms with E-state index in [-0.39, 0.29) is 12.6 Å². The van der Waals surface area contributed by atoms with E-state index in [0.717, 1.165) is 21.4 Å². The number of amides is 1. The number of aromatic nitrogens is 4. The number of hydrogen-bond donors (Lipinski definition) is 1. The molecule has 2 aromatic carbocycles. The van der Waals surface area contributed by atoms with Gasteiger partial charge in [0.25, 0.3) is 5.91 Å². The van der Waals surface area contributed by atoms with Crippen LogP contribution in [0.4, 0.5) is 5.69 Å². The molecular weight excluding hydrogens is 494 g/mol. The van der Waals surface area contributed by atoms with E-state index in [0.29, 0.717) is 28.7 Å². The first kappa shape index (κ1) is 22.1. The minimum Gasteiger partial charge on any atom is -0.471 e. The Morgan fingerprint density at radius 3 is 2.62 bits per heavy atom. The second-order valence-corrected chi connectivity index (χ2v) is 8.47. The summed E-state index contributed by atoms with van der Waals surface area (Å²) < 4.78 is 10.1. The predicted molar refractivity (Wildman–Crippen MR) is 127 cm³/mol. The highest BCUT2D eigenvalue weighted by Crippen LogP contribution is 2.22. The lowest BCUT2D eigenvalue weighted by molar-refractivity contribution is 0.100. The van der Waals surface area contributed by atoms with Crippen LogP contribution in [0.1, 0.15) is 27.4 Å². The van der Waals surface area contributed by atoms with Gasteiger partial charge in [-0.25, -0.2) is 4.68 Å². The molecule has 0 aliphatic carbocycles. The molecule has 0 unspecified atom stereocenters. The van der Waals surface area contributed by atoms with Crippen molar-refractivity contribution in [2.45, 2.75) is 27.1 Å². The zero-order valence-electron chi connectivity index (χ0n) is 17.5. The third-order valence-corrected chi connectivity index (χ3v) is 6.33. The molecule has 0 spiro atoms. The fourth-order valence-electron chi connectivity index (χ4n) is 3.24. The molecule has 0 radical (unpaired) electrons. The normalized spacial score (nSPS) is 10.9. The van der Waals surface area contributed by atoms with Gasteiger partial charge in [0, 0.05) is 16.9 Å². The molecule has 1 amide bonds. The van der Waals surface area contributed by atoms with Crippen LogP contribution < -0.4 is 10.1 Å². The third kappa shape index (κ3) is 5.03. The van der Waals surface area contributed by atoms with Gasteiger partial charge in [0.15, 0.2) is 6.73 Å². The van der Waals surface area contributed by atoms with Gasteiger partial charge >= 0.3 is 0 Å². The smallest absolute Gasteiger partial charge is 0.274 e. The Labute approximate surface area is 199 Å². The lowest BCUT2D eigenvalue weighted by Gasteiger charge is -2.11. The van der Waals surface area contributed by atoms with Crippen molar-refractivity contribution in [3.8, 4) is 5.75 Å². The molecule has 4 rings (SSSR count). The van der Waals surface area contributed by atoms with Crippen molar-refractivity contribution in [3.05, 3.63) is 92.9 Å². The zero-order chi connectivity index (χ0) is 22.7. The minimum atomic E-state index is -0.270. The van der Waals surface area contributed by atoms with E-state index in [2.05, 4.69) is 31.4 Å². The summed E-state index contributed by atoms with van der Waals surface area (Å²) >= 11 is 9.45. The van der Waals surface area contributed by atoms with E-state index in [1.165, 1.54) is 4.68 Å². The molecule has 4 aromatic rings. The van der Waals surface area contributed by atoms with Crippen LogP contribution in [0.3, 0.4) is 0 Å². The molecule has 0 aliphatic heterocycles. The summed E-state index contributed by atoms with van der Waals surface area (Å²) in [6.07, 6.45) is 1.57.